The van der Waals surface area contributed by atoms with Crippen LogP contribution in [0.25, 0.3) is 0 Å². The molecule has 0 aliphatic rings. The molecular formula is C12H13F3N2O3. The number of anilines is 1. The Bertz CT molecular complexity index is 489. The van der Waals surface area contributed by atoms with Crippen molar-refractivity contribution in [3.05, 3.63) is 29.8 Å². The molecule has 8 heteroatoms. The minimum absolute atomic E-state index is 0.0544. The SMILES string of the molecule is COCCNC(=O)c1ccccc1NC(=O)C(F)(F)F. The monoisotopic (exact) mass is 290 g/mol. The topological polar surface area (TPSA) is 67.4 Å². The molecule has 20 heavy (non-hydrogen) atoms. The van der Waals surface area contributed by atoms with Crippen LogP contribution in [-0.4, -0.2) is 38.3 Å². The summed E-state index contributed by atoms with van der Waals surface area (Å²) >= 11 is 0. The molecule has 5 nitrogen and oxygen atoms in total. The van der Waals surface area contributed by atoms with Crippen LogP contribution in [0.3, 0.4) is 0 Å². The average Bonchev–Trinajstić information content (AvgIpc) is 2.38. The molecule has 0 aromatic heterocycles. The van der Waals surface area contributed by atoms with Crippen molar-refractivity contribution in [1.82, 2.24) is 5.32 Å². The van der Waals surface area contributed by atoms with Gasteiger partial charge in [0.1, 0.15) is 0 Å². The van der Waals surface area contributed by atoms with Gasteiger partial charge in [-0.15, -0.1) is 0 Å². The molecule has 0 unspecified atom stereocenters. The van der Waals surface area contributed by atoms with E-state index in [2.05, 4.69) is 5.32 Å². The van der Waals surface area contributed by atoms with Gasteiger partial charge >= 0.3 is 12.1 Å². The number of hydrogen-bond donors (Lipinski definition) is 2. The summed E-state index contributed by atoms with van der Waals surface area (Å²) in [4.78, 5) is 22.7. The number of nitrogens with one attached hydrogen (secondary N) is 2. The lowest BCUT2D eigenvalue weighted by Gasteiger charge is -2.12. The Balaban J connectivity index is 2.83. The number of ether oxygens (including phenoxy) is 1. The van der Waals surface area contributed by atoms with E-state index in [1.807, 2.05) is 0 Å². The number of alkyl halides is 3. The van der Waals surface area contributed by atoms with Crippen molar-refractivity contribution in [3.63, 3.8) is 0 Å². The number of rotatable bonds is 5. The van der Waals surface area contributed by atoms with Gasteiger partial charge < -0.3 is 15.4 Å². The Labute approximate surface area is 113 Å². The zero-order valence-corrected chi connectivity index (χ0v) is 10.6. The van der Waals surface area contributed by atoms with Gasteiger partial charge in [0, 0.05) is 13.7 Å². The summed E-state index contributed by atoms with van der Waals surface area (Å²) in [5.74, 6) is -2.73. The quantitative estimate of drug-likeness (QED) is 0.809. The highest BCUT2D eigenvalue weighted by Gasteiger charge is 2.39. The third kappa shape index (κ3) is 4.54. The summed E-state index contributed by atoms with van der Waals surface area (Å²) in [5.41, 5.74) is -0.258. The molecular weight excluding hydrogens is 277 g/mol. The van der Waals surface area contributed by atoms with Crippen molar-refractivity contribution >= 4 is 17.5 Å². The van der Waals surface area contributed by atoms with Gasteiger partial charge in [-0.3, -0.25) is 9.59 Å². The fraction of sp³-hybridized carbons (Fsp3) is 0.333. The maximum Gasteiger partial charge on any atom is 0.471 e. The van der Waals surface area contributed by atoms with Crippen LogP contribution in [0.1, 0.15) is 10.4 Å². The fourth-order valence-corrected chi connectivity index (χ4v) is 1.35. The second-order valence-electron chi connectivity index (χ2n) is 3.75. The highest BCUT2D eigenvalue weighted by Crippen LogP contribution is 2.20. The molecule has 0 saturated carbocycles. The highest BCUT2D eigenvalue weighted by molar-refractivity contribution is 6.04. The first kappa shape index (κ1) is 16.0. The molecule has 0 aliphatic carbocycles. The lowest BCUT2D eigenvalue weighted by Crippen LogP contribution is -2.32. The number of benzene rings is 1. The van der Waals surface area contributed by atoms with E-state index in [1.165, 1.54) is 31.4 Å². The third-order valence-corrected chi connectivity index (χ3v) is 2.27. The van der Waals surface area contributed by atoms with Gasteiger partial charge in [-0.05, 0) is 12.1 Å². The number of carbonyl (C=O) groups is 2. The molecule has 2 amide bonds. The summed E-state index contributed by atoms with van der Waals surface area (Å²) < 4.78 is 41.3. The lowest BCUT2D eigenvalue weighted by molar-refractivity contribution is -0.167. The number of carbonyl (C=O) groups excluding carboxylic acids is 2. The molecule has 0 spiro atoms. The first-order valence-electron chi connectivity index (χ1n) is 5.60. The van der Waals surface area contributed by atoms with Crippen molar-refractivity contribution in [3.8, 4) is 0 Å². The second kappa shape index (κ2) is 6.90. The van der Waals surface area contributed by atoms with Crippen LogP contribution in [0.15, 0.2) is 24.3 Å². The van der Waals surface area contributed by atoms with Gasteiger partial charge in [0.15, 0.2) is 0 Å². The van der Waals surface area contributed by atoms with E-state index < -0.39 is 18.0 Å². The predicted molar refractivity (Wildman–Crippen MR) is 65.3 cm³/mol. The number of methoxy groups -OCH3 is 1. The van der Waals surface area contributed by atoms with Crippen LogP contribution < -0.4 is 10.6 Å². The molecule has 0 saturated heterocycles. The van der Waals surface area contributed by atoms with Crippen molar-refractivity contribution in [2.45, 2.75) is 6.18 Å². The van der Waals surface area contributed by atoms with E-state index in [-0.39, 0.29) is 24.4 Å². The van der Waals surface area contributed by atoms with Gasteiger partial charge in [-0.1, -0.05) is 12.1 Å². The second-order valence-corrected chi connectivity index (χ2v) is 3.75. The summed E-state index contributed by atoms with van der Waals surface area (Å²) in [5, 5.41) is 4.12. The van der Waals surface area contributed by atoms with Crippen LogP contribution in [0, 0.1) is 0 Å². The van der Waals surface area contributed by atoms with Crippen LogP contribution in [0.4, 0.5) is 18.9 Å². The molecule has 1 aromatic carbocycles. The minimum Gasteiger partial charge on any atom is -0.383 e. The number of hydrogen-bond acceptors (Lipinski definition) is 3. The van der Waals surface area contributed by atoms with E-state index in [0.717, 1.165) is 0 Å². The van der Waals surface area contributed by atoms with Crippen molar-refractivity contribution in [2.75, 3.05) is 25.6 Å². The van der Waals surface area contributed by atoms with Crippen LogP contribution in [-0.2, 0) is 9.53 Å². The smallest absolute Gasteiger partial charge is 0.383 e. The first-order valence-corrected chi connectivity index (χ1v) is 5.60. The van der Waals surface area contributed by atoms with E-state index in [9.17, 15) is 22.8 Å². The van der Waals surface area contributed by atoms with E-state index >= 15 is 0 Å². The summed E-state index contributed by atoms with van der Waals surface area (Å²) in [6.45, 7) is 0.472. The highest BCUT2D eigenvalue weighted by atomic mass is 19.4. The number of amides is 2. The van der Waals surface area contributed by atoms with E-state index in [4.69, 9.17) is 4.74 Å². The van der Waals surface area contributed by atoms with Gasteiger partial charge in [-0.2, -0.15) is 13.2 Å². The molecule has 0 atom stereocenters. The normalized spacial score (nSPS) is 11.0. The zero-order chi connectivity index (χ0) is 15.2. The van der Waals surface area contributed by atoms with E-state index in [0.29, 0.717) is 0 Å². The third-order valence-electron chi connectivity index (χ3n) is 2.27. The maximum atomic E-state index is 12.2. The Morgan fingerprint density at radius 2 is 1.90 bits per heavy atom. The van der Waals surface area contributed by atoms with Gasteiger partial charge in [0.25, 0.3) is 5.91 Å². The van der Waals surface area contributed by atoms with Crippen molar-refractivity contribution in [1.29, 1.82) is 0 Å². The molecule has 110 valence electrons. The summed E-state index contributed by atoms with van der Waals surface area (Å²) in [6, 6.07) is 5.43. The number of halogens is 3. The molecule has 0 bridgehead atoms. The first-order chi connectivity index (χ1) is 9.36. The molecule has 1 aromatic rings. The largest absolute Gasteiger partial charge is 0.471 e. The van der Waals surface area contributed by atoms with Gasteiger partial charge in [-0.25, -0.2) is 0 Å². The van der Waals surface area contributed by atoms with Crippen LogP contribution >= 0.6 is 0 Å². The Kier molecular flexibility index (Phi) is 5.51. The molecule has 0 fully saturated rings. The minimum atomic E-state index is -5.01. The fourth-order valence-electron chi connectivity index (χ4n) is 1.35. The predicted octanol–water partition coefficient (Wildman–Crippen LogP) is 1.56. The van der Waals surface area contributed by atoms with Crippen molar-refractivity contribution < 1.29 is 27.5 Å². The van der Waals surface area contributed by atoms with Crippen LogP contribution in [0.5, 0.6) is 0 Å². The van der Waals surface area contributed by atoms with Crippen molar-refractivity contribution in [2.24, 2.45) is 0 Å². The number of para-hydroxylation sites is 1. The zero-order valence-electron chi connectivity index (χ0n) is 10.6. The summed E-state index contributed by atoms with van der Waals surface area (Å²) in [6.07, 6.45) is -5.01. The lowest BCUT2D eigenvalue weighted by atomic mass is 10.1. The summed E-state index contributed by atoms with van der Waals surface area (Å²) in [7, 11) is 1.45. The maximum absolute atomic E-state index is 12.2. The standard InChI is InChI=1S/C12H13F3N2O3/c1-20-7-6-16-10(18)8-4-2-3-5-9(8)17-11(19)12(13,14)15/h2-5H,6-7H2,1H3,(H,16,18)(H,17,19). The Hall–Kier alpha value is -2.09. The van der Waals surface area contributed by atoms with Gasteiger partial charge in [0.2, 0.25) is 0 Å². The molecule has 1 rings (SSSR count). The molecule has 2 N–H and O–H groups in total. The molecule has 0 aliphatic heterocycles. The Morgan fingerprint density at radius 3 is 2.50 bits per heavy atom. The average molecular weight is 290 g/mol. The van der Waals surface area contributed by atoms with Gasteiger partial charge in [0.05, 0.1) is 17.9 Å². The molecule has 0 radical (unpaired) electrons. The van der Waals surface area contributed by atoms with Crippen LogP contribution in [0.2, 0.25) is 0 Å². The van der Waals surface area contributed by atoms with E-state index in [1.54, 1.807) is 5.32 Å². The molecule has 0 heterocycles. The Morgan fingerprint density at radius 1 is 1.25 bits per heavy atom.